The van der Waals surface area contributed by atoms with Gasteiger partial charge in [0.05, 0.1) is 35.8 Å². The van der Waals surface area contributed by atoms with Crippen molar-refractivity contribution in [1.29, 1.82) is 0 Å². The molecule has 4 aromatic rings. The van der Waals surface area contributed by atoms with E-state index in [1.54, 1.807) is 0 Å². The standard InChI is InChI=1S/C29H41N3O2.C24H30N2O.C5H11NO2.ClH/c1-28(2)14-15-29(3,4)22-18-19(8-9-21(22)28)23-6-5-7-26(31-23)32-16-12-20(13-17-32)30-24-10-11-25(33)27(24)34;1-23(2)12-13-24(3,4)20-16-17(8-9-19(20)23)21-6-5-7-22(25-21)26-14-10-18(27)11-15-26;6-3-1-2-4(7)5(3)8;/h5-9,18,20,24-25,27,30,33-34H,10-17H2,1-4H3;5-9,16H,10-15H2,1-4H3;3-5,7-8H,1-2,6H2;1H/t24-,25+,27-;;3-,4+,5-;/m1.1./s1. The minimum atomic E-state index is -0.685. The number of halogens is 1. The number of aliphatic hydroxyl groups excluding tert-OH is 4. The van der Waals surface area contributed by atoms with E-state index in [2.05, 4.69) is 143 Å². The highest BCUT2D eigenvalue weighted by atomic mass is 35.5. The Kier molecular flexibility index (Phi) is 16.7. The van der Waals surface area contributed by atoms with E-state index in [-0.39, 0.29) is 46.2 Å². The third-order valence-corrected chi connectivity index (χ3v) is 16.9. The van der Waals surface area contributed by atoms with Gasteiger partial charge in [0.15, 0.2) is 0 Å². The second kappa shape index (κ2) is 21.6. The minimum Gasteiger partial charge on any atom is -0.390 e. The van der Waals surface area contributed by atoms with Crippen molar-refractivity contribution in [2.75, 3.05) is 36.0 Å². The molecule has 4 fully saturated rings. The molecule has 0 bridgehead atoms. The number of aliphatic hydroxyl groups is 4. The normalized spacial score (nSPS) is 27.5. The Morgan fingerprint density at radius 1 is 0.543 bits per heavy atom. The summed E-state index contributed by atoms with van der Waals surface area (Å²) in [6.07, 6.45) is 8.63. The molecular formula is C58H83ClN6O5. The monoisotopic (exact) mass is 979 g/mol. The highest BCUT2D eigenvalue weighted by Gasteiger charge is 2.39. The molecule has 10 rings (SSSR count). The van der Waals surface area contributed by atoms with Gasteiger partial charge in [-0.1, -0.05) is 91.8 Å². The van der Waals surface area contributed by atoms with Crippen LogP contribution in [-0.2, 0) is 26.5 Å². The molecule has 6 atom stereocenters. The van der Waals surface area contributed by atoms with Gasteiger partial charge in [0.25, 0.3) is 0 Å². The van der Waals surface area contributed by atoms with E-state index in [1.165, 1.54) is 59.1 Å². The maximum absolute atomic E-state index is 11.5. The number of pyridine rings is 2. The predicted molar refractivity (Wildman–Crippen MR) is 286 cm³/mol. The first-order valence-electron chi connectivity index (χ1n) is 26.1. The molecule has 70 heavy (non-hydrogen) atoms. The van der Waals surface area contributed by atoms with E-state index < -0.39 is 24.4 Å². The second-order valence-electron chi connectivity index (χ2n) is 23.8. The first-order valence-corrected chi connectivity index (χ1v) is 26.1. The lowest BCUT2D eigenvalue weighted by Gasteiger charge is -2.42. The number of aromatic nitrogens is 2. The number of ketones is 1. The van der Waals surface area contributed by atoms with Gasteiger partial charge in [0, 0.05) is 68.3 Å². The molecule has 2 aromatic heterocycles. The largest absolute Gasteiger partial charge is 0.390 e. The molecule has 0 radical (unpaired) electrons. The van der Waals surface area contributed by atoms with Crippen LogP contribution >= 0.6 is 12.4 Å². The SMILES string of the molecule is CC1(C)CCC(C)(C)c2cc(-c3cccc(N4CCC(=O)CC4)n3)ccc21.CC1(C)CCC(C)(C)c2cc(-c3cccc(N4CCC(N[C@@H]5CC[C@H](O)[C@@H]5O)CC4)n3)ccc21.Cl.N[C@@H]1CC[C@H](O)[C@@H]1O. The number of Topliss-reactive ketones (excluding diaryl/α,β-unsaturated/α-hetero) is 1. The molecule has 2 saturated carbocycles. The predicted octanol–water partition coefficient (Wildman–Crippen LogP) is 9.06. The highest BCUT2D eigenvalue weighted by Crippen LogP contribution is 2.48. The molecule has 2 saturated heterocycles. The molecule has 2 aromatic carbocycles. The van der Waals surface area contributed by atoms with Crippen molar-refractivity contribution in [3.05, 3.63) is 95.1 Å². The fourth-order valence-electron chi connectivity index (χ4n) is 11.7. The number of piperidine rings is 2. The number of nitrogens with zero attached hydrogens (tertiary/aromatic N) is 4. The molecule has 0 unspecified atom stereocenters. The fourth-order valence-corrected chi connectivity index (χ4v) is 11.7. The van der Waals surface area contributed by atoms with Crippen molar-refractivity contribution in [3.8, 4) is 22.5 Å². The third kappa shape index (κ3) is 11.9. The van der Waals surface area contributed by atoms with Crippen molar-refractivity contribution >= 4 is 29.8 Å². The van der Waals surface area contributed by atoms with Gasteiger partial charge >= 0.3 is 0 Å². The summed E-state index contributed by atoms with van der Waals surface area (Å²) in [5, 5.41) is 41.3. The van der Waals surface area contributed by atoms with E-state index in [0.29, 0.717) is 37.5 Å². The number of carbonyl (C=O) groups excluding carboxylic acids is 1. The molecule has 6 aliphatic rings. The summed E-state index contributed by atoms with van der Waals surface area (Å²) in [5.74, 6) is 2.39. The smallest absolute Gasteiger partial charge is 0.136 e. The lowest BCUT2D eigenvalue weighted by molar-refractivity contribution is -0.119. The van der Waals surface area contributed by atoms with E-state index in [0.717, 1.165) is 74.9 Å². The van der Waals surface area contributed by atoms with Gasteiger partial charge in [0.1, 0.15) is 17.4 Å². The average molecular weight is 980 g/mol. The molecule has 7 N–H and O–H groups in total. The number of fused-ring (bicyclic) bond motifs is 2. The zero-order chi connectivity index (χ0) is 49.5. The molecule has 2 aliphatic heterocycles. The number of hydrogen-bond acceptors (Lipinski definition) is 11. The summed E-state index contributed by atoms with van der Waals surface area (Å²) in [4.78, 5) is 26.2. The topological polar surface area (TPSA) is 168 Å². The van der Waals surface area contributed by atoms with Gasteiger partial charge in [0.2, 0.25) is 0 Å². The van der Waals surface area contributed by atoms with Crippen LogP contribution in [0.4, 0.5) is 11.6 Å². The Morgan fingerprint density at radius 2 is 0.971 bits per heavy atom. The number of nitrogens with one attached hydrogen (secondary N) is 1. The van der Waals surface area contributed by atoms with Crippen LogP contribution in [0.2, 0.25) is 0 Å². The first-order chi connectivity index (χ1) is 32.6. The van der Waals surface area contributed by atoms with Gasteiger partial charge in [-0.05, 0) is 145 Å². The Morgan fingerprint density at radius 3 is 1.37 bits per heavy atom. The highest BCUT2D eigenvalue weighted by molar-refractivity contribution is 5.85. The number of nitrogens with two attached hydrogens (primary N) is 1. The van der Waals surface area contributed by atoms with Crippen LogP contribution in [0.25, 0.3) is 22.5 Å². The molecule has 11 nitrogen and oxygen atoms in total. The van der Waals surface area contributed by atoms with Gasteiger partial charge < -0.3 is 41.3 Å². The number of hydrogen-bond donors (Lipinski definition) is 6. The zero-order valence-electron chi connectivity index (χ0n) is 43.3. The molecule has 0 spiro atoms. The van der Waals surface area contributed by atoms with E-state index in [4.69, 9.17) is 25.9 Å². The summed E-state index contributed by atoms with van der Waals surface area (Å²) in [6, 6.07) is 26.7. The van der Waals surface area contributed by atoms with Crippen LogP contribution in [0, 0.1) is 0 Å². The summed E-state index contributed by atoms with van der Waals surface area (Å²) in [5.41, 5.74) is 16.6. The first kappa shape index (κ1) is 53.8. The van der Waals surface area contributed by atoms with Gasteiger partial charge in [-0.2, -0.15) is 0 Å². The minimum absolute atomic E-state index is 0. The maximum atomic E-state index is 11.5. The van der Waals surface area contributed by atoms with Crippen molar-refractivity contribution in [1.82, 2.24) is 15.3 Å². The van der Waals surface area contributed by atoms with E-state index >= 15 is 0 Å². The van der Waals surface area contributed by atoms with Crippen molar-refractivity contribution in [3.63, 3.8) is 0 Å². The van der Waals surface area contributed by atoms with Gasteiger partial charge in [-0.15, -0.1) is 12.4 Å². The summed E-state index contributed by atoms with van der Waals surface area (Å²) < 4.78 is 0. The summed E-state index contributed by atoms with van der Waals surface area (Å²) in [7, 11) is 0. The lowest BCUT2D eigenvalue weighted by atomic mass is 9.63. The van der Waals surface area contributed by atoms with Crippen molar-refractivity contribution < 1.29 is 25.2 Å². The number of carbonyl (C=O) groups is 1. The number of rotatable bonds is 6. The average Bonchev–Trinajstić information content (AvgIpc) is 3.82. The maximum Gasteiger partial charge on any atom is 0.136 e. The molecule has 0 amide bonds. The Bertz CT molecular complexity index is 2410. The second-order valence-corrected chi connectivity index (χ2v) is 23.8. The number of benzene rings is 2. The van der Waals surface area contributed by atoms with E-state index in [1.807, 2.05) is 0 Å². The van der Waals surface area contributed by atoms with Crippen molar-refractivity contribution in [2.24, 2.45) is 5.73 Å². The van der Waals surface area contributed by atoms with Crippen LogP contribution in [0.15, 0.2) is 72.8 Å². The molecule has 382 valence electrons. The lowest BCUT2D eigenvalue weighted by Crippen LogP contribution is -2.49. The van der Waals surface area contributed by atoms with Crippen LogP contribution in [-0.4, -0.2) is 105 Å². The zero-order valence-corrected chi connectivity index (χ0v) is 44.1. The van der Waals surface area contributed by atoms with Crippen LogP contribution < -0.4 is 20.9 Å². The fraction of sp³-hybridized carbons (Fsp3) is 0.603. The Labute approximate surface area is 424 Å². The quantitative estimate of drug-likeness (QED) is 0.109. The number of anilines is 2. The van der Waals surface area contributed by atoms with Gasteiger partial charge in [-0.25, -0.2) is 9.97 Å². The molecule has 4 aliphatic carbocycles. The molecule has 4 heterocycles. The van der Waals surface area contributed by atoms with Gasteiger partial charge in [-0.3, -0.25) is 4.79 Å². The Hall–Kier alpha value is -3.94. The summed E-state index contributed by atoms with van der Waals surface area (Å²) in [6.45, 7) is 22.4. The van der Waals surface area contributed by atoms with E-state index in [9.17, 15) is 15.0 Å². The van der Waals surface area contributed by atoms with Crippen molar-refractivity contribution in [2.45, 2.75) is 197 Å². The summed E-state index contributed by atoms with van der Waals surface area (Å²) >= 11 is 0. The Balaban J connectivity index is 0.000000179. The third-order valence-electron chi connectivity index (χ3n) is 16.9. The molecule has 12 heteroatoms. The van der Waals surface area contributed by atoms with Crippen LogP contribution in [0.3, 0.4) is 0 Å². The van der Waals surface area contributed by atoms with Crippen LogP contribution in [0.1, 0.15) is 155 Å². The van der Waals surface area contributed by atoms with Crippen LogP contribution in [0.5, 0.6) is 0 Å². The molecular weight excluding hydrogens is 896 g/mol.